The zero-order valence-electron chi connectivity index (χ0n) is 16.4. The van der Waals surface area contributed by atoms with Crippen LogP contribution in [0.25, 0.3) is 15.9 Å². The molecule has 4 rings (SSSR count). The maximum Gasteiger partial charge on any atom is 0.267 e. The van der Waals surface area contributed by atoms with Gasteiger partial charge in [0, 0.05) is 17.1 Å². The zero-order chi connectivity index (χ0) is 19.8. The zero-order valence-corrected chi connectivity index (χ0v) is 18.0. The number of thiophene rings is 1. The van der Waals surface area contributed by atoms with Gasteiger partial charge in [-0.25, -0.2) is 4.98 Å². The second-order valence-corrected chi connectivity index (χ2v) is 9.76. The Morgan fingerprint density at radius 2 is 2.21 bits per heavy atom. The molecule has 0 spiro atoms. The minimum absolute atomic E-state index is 0.0326. The summed E-state index contributed by atoms with van der Waals surface area (Å²) < 4.78 is 1.78. The Morgan fingerprint density at radius 3 is 3.00 bits per heavy atom. The summed E-state index contributed by atoms with van der Waals surface area (Å²) >= 11 is 3.17. The van der Waals surface area contributed by atoms with E-state index in [-0.39, 0.29) is 5.56 Å². The van der Waals surface area contributed by atoms with Gasteiger partial charge in [0.15, 0.2) is 5.16 Å². The average Bonchev–Trinajstić information content (AvgIpc) is 3.02. The molecule has 1 aromatic carbocycles. The Morgan fingerprint density at radius 1 is 1.39 bits per heavy atom. The van der Waals surface area contributed by atoms with Gasteiger partial charge in [0.2, 0.25) is 0 Å². The molecule has 0 fully saturated rings. The number of thioether (sulfide) groups is 1. The highest BCUT2D eigenvalue weighted by Gasteiger charge is 2.25. The van der Waals surface area contributed by atoms with E-state index >= 15 is 0 Å². The standard InChI is InChI=1S/C22H23N3OS2/c1-13-5-7-15(3)17(11-13)25-21(26)19-16-8-6-14(2)12-18(16)28-20(19)24-22(25)27-10-4-9-23/h5,7,11,14H,4,6,8,10,12H2,1-3H3/t14-/m1/s1. The van der Waals surface area contributed by atoms with Crippen molar-refractivity contribution in [3.63, 3.8) is 0 Å². The van der Waals surface area contributed by atoms with E-state index in [4.69, 9.17) is 10.2 Å². The molecule has 2 heterocycles. The van der Waals surface area contributed by atoms with Crippen LogP contribution in [0.3, 0.4) is 0 Å². The number of nitriles is 1. The fraction of sp³-hybridized carbons (Fsp3) is 0.409. The van der Waals surface area contributed by atoms with E-state index in [0.717, 1.165) is 46.3 Å². The molecule has 1 atom stereocenters. The Labute approximate surface area is 173 Å². The van der Waals surface area contributed by atoms with E-state index in [1.54, 1.807) is 15.9 Å². The molecule has 0 radical (unpaired) electrons. The molecule has 1 aliphatic rings. The third-order valence-corrected chi connectivity index (χ3v) is 7.44. The van der Waals surface area contributed by atoms with Crippen LogP contribution < -0.4 is 5.56 Å². The smallest absolute Gasteiger partial charge is 0.267 e. The van der Waals surface area contributed by atoms with E-state index in [9.17, 15) is 4.79 Å². The molecular weight excluding hydrogens is 386 g/mol. The first-order chi connectivity index (χ1) is 13.5. The Balaban J connectivity index is 1.98. The van der Waals surface area contributed by atoms with E-state index in [2.05, 4.69) is 31.2 Å². The molecular formula is C22H23N3OS2. The topological polar surface area (TPSA) is 58.7 Å². The van der Waals surface area contributed by atoms with Crippen LogP contribution in [0, 0.1) is 31.1 Å². The van der Waals surface area contributed by atoms with Gasteiger partial charge in [0.05, 0.1) is 17.1 Å². The van der Waals surface area contributed by atoms with Crippen LogP contribution in [0.2, 0.25) is 0 Å². The van der Waals surface area contributed by atoms with Crippen LogP contribution in [0.1, 0.15) is 41.3 Å². The Hall–Kier alpha value is -2.10. The van der Waals surface area contributed by atoms with Crippen molar-refractivity contribution < 1.29 is 0 Å². The molecule has 0 saturated heterocycles. The van der Waals surface area contributed by atoms with Gasteiger partial charge in [-0.3, -0.25) is 9.36 Å². The summed E-state index contributed by atoms with van der Waals surface area (Å²) in [4.78, 5) is 20.8. The maximum atomic E-state index is 13.7. The molecule has 0 bridgehead atoms. The fourth-order valence-corrected chi connectivity index (χ4v) is 6.10. The highest BCUT2D eigenvalue weighted by Crippen LogP contribution is 2.37. The summed E-state index contributed by atoms with van der Waals surface area (Å²) in [5.41, 5.74) is 4.30. The van der Waals surface area contributed by atoms with Gasteiger partial charge in [-0.15, -0.1) is 11.3 Å². The minimum atomic E-state index is 0.0326. The van der Waals surface area contributed by atoms with Crippen LogP contribution in [-0.2, 0) is 12.8 Å². The fourth-order valence-electron chi connectivity index (χ4n) is 3.83. The first-order valence-corrected chi connectivity index (χ1v) is 11.4. The molecule has 6 heteroatoms. The van der Waals surface area contributed by atoms with E-state index in [1.807, 2.05) is 13.8 Å². The number of rotatable bonds is 4. The van der Waals surface area contributed by atoms with E-state index in [1.165, 1.54) is 22.2 Å². The van der Waals surface area contributed by atoms with Gasteiger partial charge in [-0.1, -0.05) is 30.8 Å². The molecule has 0 unspecified atom stereocenters. The monoisotopic (exact) mass is 409 g/mol. The maximum absolute atomic E-state index is 13.7. The van der Waals surface area contributed by atoms with Gasteiger partial charge >= 0.3 is 0 Å². The van der Waals surface area contributed by atoms with Crippen molar-refractivity contribution in [2.75, 3.05) is 5.75 Å². The molecule has 0 N–H and O–H groups in total. The van der Waals surface area contributed by atoms with Crippen LogP contribution >= 0.6 is 23.1 Å². The molecule has 3 aromatic rings. The predicted octanol–water partition coefficient (Wildman–Crippen LogP) is 5.19. The summed E-state index contributed by atoms with van der Waals surface area (Å²) in [7, 11) is 0. The second-order valence-electron chi connectivity index (χ2n) is 7.61. The van der Waals surface area contributed by atoms with Crippen molar-refractivity contribution in [3.8, 4) is 11.8 Å². The molecule has 28 heavy (non-hydrogen) atoms. The third-order valence-electron chi connectivity index (χ3n) is 5.35. The quantitative estimate of drug-likeness (QED) is 0.338. The van der Waals surface area contributed by atoms with Gasteiger partial charge < -0.3 is 0 Å². The SMILES string of the molecule is Cc1ccc(C)c(-n2c(SCCC#N)nc3sc4c(c3c2=O)CC[C@@H](C)C4)c1. The Kier molecular flexibility index (Phi) is 5.31. The lowest BCUT2D eigenvalue weighted by atomic mass is 9.89. The second kappa shape index (κ2) is 7.73. The first kappa shape index (κ1) is 19.2. The van der Waals surface area contributed by atoms with Gasteiger partial charge in [0.25, 0.3) is 5.56 Å². The highest BCUT2D eigenvalue weighted by molar-refractivity contribution is 7.99. The summed E-state index contributed by atoms with van der Waals surface area (Å²) in [6, 6.07) is 8.35. The van der Waals surface area contributed by atoms with Crippen LogP contribution in [0.15, 0.2) is 28.2 Å². The first-order valence-electron chi connectivity index (χ1n) is 9.64. The van der Waals surface area contributed by atoms with Gasteiger partial charge in [-0.05, 0) is 61.8 Å². The summed E-state index contributed by atoms with van der Waals surface area (Å²) in [6.07, 6.45) is 3.56. The van der Waals surface area contributed by atoms with Crippen molar-refractivity contribution in [2.45, 2.75) is 51.6 Å². The molecule has 4 nitrogen and oxygen atoms in total. The molecule has 0 saturated carbocycles. The van der Waals surface area contributed by atoms with Crippen molar-refractivity contribution in [2.24, 2.45) is 5.92 Å². The number of aromatic nitrogens is 2. The van der Waals surface area contributed by atoms with Crippen LogP contribution in [-0.4, -0.2) is 15.3 Å². The van der Waals surface area contributed by atoms with Crippen molar-refractivity contribution >= 4 is 33.3 Å². The van der Waals surface area contributed by atoms with Crippen molar-refractivity contribution in [3.05, 3.63) is 50.1 Å². The number of benzene rings is 1. The number of nitrogens with zero attached hydrogens (tertiary/aromatic N) is 3. The lowest BCUT2D eigenvalue weighted by molar-refractivity contribution is 0.509. The molecule has 1 aliphatic carbocycles. The largest absolute Gasteiger partial charge is 0.268 e. The van der Waals surface area contributed by atoms with Crippen molar-refractivity contribution in [1.29, 1.82) is 5.26 Å². The molecule has 2 aromatic heterocycles. The number of fused-ring (bicyclic) bond motifs is 3. The highest BCUT2D eigenvalue weighted by atomic mass is 32.2. The summed E-state index contributed by atoms with van der Waals surface area (Å²) in [5, 5.41) is 10.4. The number of hydrogen-bond donors (Lipinski definition) is 0. The lowest BCUT2D eigenvalue weighted by Crippen LogP contribution is -2.23. The number of hydrogen-bond acceptors (Lipinski definition) is 5. The molecule has 0 amide bonds. The van der Waals surface area contributed by atoms with E-state index < -0.39 is 0 Å². The summed E-state index contributed by atoms with van der Waals surface area (Å²) in [6.45, 7) is 6.34. The van der Waals surface area contributed by atoms with Gasteiger partial charge in [0.1, 0.15) is 4.83 Å². The van der Waals surface area contributed by atoms with Crippen LogP contribution in [0.5, 0.6) is 0 Å². The van der Waals surface area contributed by atoms with Gasteiger partial charge in [-0.2, -0.15) is 5.26 Å². The average molecular weight is 410 g/mol. The third kappa shape index (κ3) is 3.38. The lowest BCUT2D eigenvalue weighted by Gasteiger charge is -2.18. The molecule has 144 valence electrons. The minimum Gasteiger partial charge on any atom is -0.268 e. The van der Waals surface area contributed by atoms with Crippen LogP contribution in [0.4, 0.5) is 0 Å². The summed E-state index contributed by atoms with van der Waals surface area (Å²) in [5.74, 6) is 1.29. The van der Waals surface area contributed by atoms with E-state index in [0.29, 0.717) is 23.2 Å². The normalized spacial score (nSPS) is 16.1. The Bertz CT molecular complexity index is 1150. The predicted molar refractivity (Wildman–Crippen MR) is 117 cm³/mol. The number of aryl methyl sites for hydroxylation is 3. The molecule has 0 aliphatic heterocycles. The van der Waals surface area contributed by atoms with Crippen molar-refractivity contribution in [1.82, 2.24) is 9.55 Å².